The van der Waals surface area contributed by atoms with Crippen molar-refractivity contribution in [3.05, 3.63) is 59.1 Å². The second-order valence-corrected chi connectivity index (χ2v) is 8.63. The molecular weight excluding hydrogens is 414 g/mol. The second kappa shape index (κ2) is 9.52. The molecule has 1 saturated heterocycles. The van der Waals surface area contributed by atoms with Gasteiger partial charge in [0.25, 0.3) is 5.91 Å². The molecule has 1 heterocycles. The first-order valence-corrected chi connectivity index (χ1v) is 11.2. The van der Waals surface area contributed by atoms with Gasteiger partial charge in [-0.1, -0.05) is 23.7 Å². The molecule has 2 aromatic rings. The number of amides is 3. The number of rotatable bonds is 5. The Kier molecular flexibility index (Phi) is 6.56. The molecule has 6 nitrogen and oxygen atoms in total. The summed E-state index contributed by atoms with van der Waals surface area (Å²) in [6.45, 7) is 0.844. The molecule has 2 aromatic carbocycles. The number of hydrogen-bond donors (Lipinski definition) is 2. The maximum atomic E-state index is 12.9. The third-order valence-corrected chi connectivity index (χ3v) is 6.40. The molecule has 1 aliphatic carbocycles. The zero-order valence-electron chi connectivity index (χ0n) is 17.3. The van der Waals surface area contributed by atoms with E-state index in [1.807, 2.05) is 4.90 Å². The number of carbonyl (C=O) groups is 3. The van der Waals surface area contributed by atoms with Crippen LogP contribution in [0.3, 0.4) is 0 Å². The molecule has 7 heteroatoms. The molecule has 2 fully saturated rings. The fourth-order valence-electron chi connectivity index (χ4n) is 4.46. The van der Waals surface area contributed by atoms with E-state index in [0.717, 1.165) is 38.6 Å². The predicted molar refractivity (Wildman–Crippen MR) is 121 cm³/mol. The van der Waals surface area contributed by atoms with Crippen molar-refractivity contribution in [2.45, 2.75) is 44.6 Å². The summed E-state index contributed by atoms with van der Waals surface area (Å²) in [5.41, 5.74) is 1.53. The number of halogens is 1. The van der Waals surface area contributed by atoms with Crippen molar-refractivity contribution in [2.24, 2.45) is 5.92 Å². The van der Waals surface area contributed by atoms with Crippen LogP contribution < -0.4 is 10.6 Å². The largest absolute Gasteiger partial charge is 0.340 e. The van der Waals surface area contributed by atoms with Crippen molar-refractivity contribution in [3.63, 3.8) is 0 Å². The van der Waals surface area contributed by atoms with Gasteiger partial charge in [0, 0.05) is 35.6 Å². The molecule has 0 unspecified atom stereocenters. The summed E-state index contributed by atoms with van der Waals surface area (Å²) < 4.78 is 0. The lowest BCUT2D eigenvalue weighted by Crippen LogP contribution is -2.40. The molecule has 1 aliphatic heterocycles. The van der Waals surface area contributed by atoms with Gasteiger partial charge in [0.1, 0.15) is 0 Å². The van der Waals surface area contributed by atoms with E-state index in [2.05, 4.69) is 10.6 Å². The molecule has 3 amide bonds. The quantitative estimate of drug-likeness (QED) is 0.708. The van der Waals surface area contributed by atoms with Crippen LogP contribution in [0.15, 0.2) is 48.5 Å². The minimum absolute atomic E-state index is 0.0714. The number of carbonyl (C=O) groups excluding carboxylic acids is 3. The molecule has 162 valence electrons. The zero-order chi connectivity index (χ0) is 21.8. The summed E-state index contributed by atoms with van der Waals surface area (Å²) >= 11 is 5.90. The van der Waals surface area contributed by atoms with E-state index < -0.39 is 0 Å². The summed E-state index contributed by atoms with van der Waals surface area (Å²) in [5.74, 6) is -0.234. The van der Waals surface area contributed by atoms with E-state index in [-0.39, 0.29) is 29.7 Å². The van der Waals surface area contributed by atoms with Gasteiger partial charge in [-0.2, -0.15) is 0 Å². The first kappa shape index (κ1) is 21.4. The molecule has 0 aromatic heterocycles. The molecule has 1 saturated carbocycles. The van der Waals surface area contributed by atoms with Gasteiger partial charge in [-0.3, -0.25) is 14.4 Å². The van der Waals surface area contributed by atoms with E-state index in [4.69, 9.17) is 11.6 Å². The van der Waals surface area contributed by atoms with E-state index in [0.29, 0.717) is 28.4 Å². The van der Waals surface area contributed by atoms with Crippen LogP contribution in [0.5, 0.6) is 0 Å². The second-order valence-electron chi connectivity index (χ2n) is 8.19. The van der Waals surface area contributed by atoms with E-state index in [1.54, 1.807) is 48.5 Å². The smallest absolute Gasteiger partial charge is 0.257 e. The lowest BCUT2D eigenvalue weighted by Gasteiger charge is -2.34. The summed E-state index contributed by atoms with van der Waals surface area (Å²) in [4.78, 5) is 39.6. The predicted octanol–water partition coefficient (Wildman–Crippen LogP) is 4.71. The monoisotopic (exact) mass is 439 g/mol. The zero-order valence-corrected chi connectivity index (χ0v) is 18.0. The fourth-order valence-corrected chi connectivity index (χ4v) is 4.59. The van der Waals surface area contributed by atoms with Gasteiger partial charge < -0.3 is 15.5 Å². The Hall–Kier alpha value is -2.86. The Morgan fingerprint density at radius 2 is 1.65 bits per heavy atom. The van der Waals surface area contributed by atoms with Crippen molar-refractivity contribution < 1.29 is 14.4 Å². The van der Waals surface area contributed by atoms with Crippen molar-refractivity contribution in [3.8, 4) is 0 Å². The molecule has 4 rings (SSSR count). The van der Waals surface area contributed by atoms with Crippen LogP contribution in [-0.4, -0.2) is 35.2 Å². The van der Waals surface area contributed by atoms with Gasteiger partial charge in [0.2, 0.25) is 11.8 Å². The maximum Gasteiger partial charge on any atom is 0.257 e. The molecule has 0 radical (unpaired) electrons. The van der Waals surface area contributed by atoms with E-state index in [9.17, 15) is 14.4 Å². The molecule has 0 spiro atoms. The highest BCUT2D eigenvalue weighted by Crippen LogP contribution is 2.31. The number of benzene rings is 2. The number of hydrogen-bond acceptors (Lipinski definition) is 3. The topological polar surface area (TPSA) is 78.5 Å². The van der Waals surface area contributed by atoms with Crippen LogP contribution >= 0.6 is 11.6 Å². The van der Waals surface area contributed by atoms with Gasteiger partial charge in [-0.05, 0) is 68.5 Å². The summed E-state index contributed by atoms with van der Waals surface area (Å²) in [7, 11) is 0. The molecular formula is C24H26ClN3O3. The first-order chi connectivity index (χ1) is 15.0. The van der Waals surface area contributed by atoms with Crippen LogP contribution in [0.1, 0.15) is 48.9 Å². The third kappa shape index (κ3) is 5.07. The molecule has 0 bridgehead atoms. The Morgan fingerprint density at radius 1 is 0.935 bits per heavy atom. The Balaban J connectivity index is 1.37. The molecule has 0 atom stereocenters. The highest BCUT2D eigenvalue weighted by atomic mass is 35.5. The Labute approximate surface area is 187 Å². The van der Waals surface area contributed by atoms with Gasteiger partial charge in [0.15, 0.2) is 0 Å². The fraction of sp³-hybridized carbons (Fsp3) is 0.375. The first-order valence-electron chi connectivity index (χ1n) is 10.8. The minimum atomic E-state index is -0.297. The van der Waals surface area contributed by atoms with Crippen molar-refractivity contribution >= 4 is 40.7 Å². The van der Waals surface area contributed by atoms with Crippen molar-refractivity contribution in [2.75, 3.05) is 17.2 Å². The highest BCUT2D eigenvalue weighted by Gasteiger charge is 2.33. The maximum absolute atomic E-state index is 12.9. The van der Waals surface area contributed by atoms with Crippen LogP contribution in [0, 0.1) is 5.92 Å². The number of anilines is 2. The summed E-state index contributed by atoms with van der Waals surface area (Å²) in [6.07, 6.45) is 4.79. The summed E-state index contributed by atoms with van der Waals surface area (Å²) in [5, 5.41) is 6.37. The summed E-state index contributed by atoms with van der Waals surface area (Å²) in [6, 6.07) is 14.1. The standard InChI is InChI=1S/C24H26ClN3O3/c25-17-9-11-18(12-10-17)26-24(31)20-4-1-2-5-21(20)27-23(30)16-7-13-19(14-8-16)28-15-3-6-22(28)29/h1-2,4-5,9-12,16,19H,3,6-8,13-15H2,(H,26,31)(H,27,30). The Morgan fingerprint density at radius 3 is 2.32 bits per heavy atom. The number of nitrogens with one attached hydrogen (secondary N) is 2. The van der Waals surface area contributed by atoms with Crippen LogP contribution in [0.25, 0.3) is 0 Å². The number of nitrogens with zero attached hydrogens (tertiary/aromatic N) is 1. The average Bonchev–Trinajstić information content (AvgIpc) is 3.21. The van der Waals surface area contributed by atoms with Crippen LogP contribution in [0.4, 0.5) is 11.4 Å². The van der Waals surface area contributed by atoms with E-state index in [1.165, 1.54) is 0 Å². The van der Waals surface area contributed by atoms with Gasteiger partial charge in [-0.25, -0.2) is 0 Å². The van der Waals surface area contributed by atoms with Crippen LogP contribution in [-0.2, 0) is 9.59 Å². The van der Waals surface area contributed by atoms with Gasteiger partial charge in [-0.15, -0.1) is 0 Å². The molecule has 2 N–H and O–H groups in total. The van der Waals surface area contributed by atoms with Crippen molar-refractivity contribution in [1.29, 1.82) is 0 Å². The lowest BCUT2D eigenvalue weighted by molar-refractivity contribution is -0.130. The van der Waals surface area contributed by atoms with Crippen LogP contribution in [0.2, 0.25) is 5.02 Å². The number of para-hydroxylation sites is 1. The normalized spacial score (nSPS) is 21.1. The lowest BCUT2D eigenvalue weighted by atomic mass is 9.84. The van der Waals surface area contributed by atoms with Gasteiger partial charge >= 0.3 is 0 Å². The van der Waals surface area contributed by atoms with Crippen molar-refractivity contribution in [1.82, 2.24) is 4.90 Å². The van der Waals surface area contributed by atoms with Gasteiger partial charge in [0.05, 0.1) is 11.3 Å². The Bertz CT molecular complexity index is 968. The average molecular weight is 440 g/mol. The minimum Gasteiger partial charge on any atom is -0.340 e. The molecule has 31 heavy (non-hydrogen) atoms. The number of likely N-dealkylation sites (tertiary alicyclic amines) is 1. The third-order valence-electron chi connectivity index (χ3n) is 6.15. The highest BCUT2D eigenvalue weighted by molar-refractivity contribution is 6.30. The van der Waals surface area contributed by atoms with E-state index >= 15 is 0 Å². The SMILES string of the molecule is O=C(Nc1ccc(Cl)cc1)c1ccccc1NC(=O)C1CCC(N2CCCC2=O)CC1. The molecule has 2 aliphatic rings.